The van der Waals surface area contributed by atoms with Gasteiger partial charge in [-0.05, 0) is 48.6 Å². The van der Waals surface area contributed by atoms with Gasteiger partial charge in [-0.1, -0.05) is 12.1 Å². The smallest absolute Gasteiger partial charge is 0.122 e. The Labute approximate surface area is 113 Å². The standard InChI is InChI=1S/C15H20O2S/c16-13(15-2-1-9-18-15)5-3-11-4-6-14-12(10-11)7-8-17-14/h4,6,10,13,15-16H,1-3,5,7-9H2. The van der Waals surface area contributed by atoms with E-state index in [0.717, 1.165) is 31.6 Å². The van der Waals surface area contributed by atoms with Gasteiger partial charge in [-0.2, -0.15) is 11.8 Å². The van der Waals surface area contributed by atoms with E-state index in [0.29, 0.717) is 5.25 Å². The van der Waals surface area contributed by atoms with Crippen LogP contribution in [0.5, 0.6) is 5.75 Å². The Bertz CT molecular complexity index is 413. The van der Waals surface area contributed by atoms with Crippen LogP contribution in [0.2, 0.25) is 0 Å². The third-order valence-electron chi connectivity index (χ3n) is 3.88. The van der Waals surface area contributed by atoms with Gasteiger partial charge in [0.1, 0.15) is 5.75 Å². The van der Waals surface area contributed by atoms with Gasteiger partial charge in [-0.15, -0.1) is 0 Å². The van der Waals surface area contributed by atoms with Crippen LogP contribution >= 0.6 is 11.8 Å². The molecule has 3 heteroatoms. The first kappa shape index (κ1) is 12.4. The molecule has 18 heavy (non-hydrogen) atoms. The SMILES string of the molecule is OC(CCc1ccc2c(c1)CCO2)C1CCCS1. The van der Waals surface area contributed by atoms with Crippen molar-refractivity contribution in [2.45, 2.75) is 43.5 Å². The summed E-state index contributed by atoms with van der Waals surface area (Å²) in [5, 5.41) is 10.6. The molecule has 0 saturated carbocycles. The van der Waals surface area contributed by atoms with Crippen molar-refractivity contribution in [3.8, 4) is 5.75 Å². The molecule has 2 aliphatic heterocycles. The summed E-state index contributed by atoms with van der Waals surface area (Å²) in [6, 6.07) is 6.46. The highest BCUT2D eigenvalue weighted by Crippen LogP contribution is 2.31. The van der Waals surface area contributed by atoms with Crippen molar-refractivity contribution >= 4 is 11.8 Å². The quantitative estimate of drug-likeness (QED) is 0.907. The molecule has 1 fully saturated rings. The minimum atomic E-state index is -0.137. The van der Waals surface area contributed by atoms with E-state index < -0.39 is 0 Å². The molecule has 1 aromatic carbocycles. The molecular weight excluding hydrogens is 244 g/mol. The maximum Gasteiger partial charge on any atom is 0.122 e. The average Bonchev–Trinajstić information content (AvgIpc) is 3.05. The third-order valence-corrected chi connectivity index (χ3v) is 5.38. The summed E-state index contributed by atoms with van der Waals surface area (Å²) in [6.45, 7) is 0.820. The number of benzene rings is 1. The van der Waals surface area contributed by atoms with Crippen LogP contribution in [-0.4, -0.2) is 28.8 Å². The molecule has 0 aromatic heterocycles. The van der Waals surface area contributed by atoms with Crippen LogP contribution in [0.1, 0.15) is 30.4 Å². The highest BCUT2D eigenvalue weighted by molar-refractivity contribution is 8.00. The maximum atomic E-state index is 10.2. The van der Waals surface area contributed by atoms with E-state index in [1.807, 2.05) is 11.8 Å². The average molecular weight is 264 g/mol. The zero-order valence-corrected chi connectivity index (χ0v) is 11.4. The number of fused-ring (bicyclic) bond motifs is 1. The van der Waals surface area contributed by atoms with Crippen molar-refractivity contribution in [3.63, 3.8) is 0 Å². The van der Waals surface area contributed by atoms with Gasteiger partial charge >= 0.3 is 0 Å². The van der Waals surface area contributed by atoms with E-state index in [4.69, 9.17) is 4.74 Å². The Kier molecular flexibility index (Phi) is 3.80. The summed E-state index contributed by atoms with van der Waals surface area (Å²) in [5.41, 5.74) is 2.67. The van der Waals surface area contributed by atoms with Gasteiger partial charge in [0, 0.05) is 11.7 Å². The number of hydrogen-bond acceptors (Lipinski definition) is 3. The second kappa shape index (κ2) is 5.54. The Morgan fingerprint density at radius 2 is 2.39 bits per heavy atom. The molecule has 2 unspecified atom stereocenters. The van der Waals surface area contributed by atoms with E-state index >= 15 is 0 Å². The van der Waals surface area contributed by atoms with Crippen LogP contribution in [0, 0.1) is 0 Å². The van der Waals surface area contributed by atoms with Crippen molar-refractivity contribution in [2.75, 3.05) is 12.4 Å². The summed E-state index contributed by atoms with van der Waals surface area (Å²) in [5.74, 6) is 2.27. The van der Waals surface area contributed by atoms with Crippen molar-refractivity contribution in [2.24, 2.45) is 0 Å². The highest BCUT2D eigenvalue weighted by atomic mass is 32.2. The number of aliphatic hydroxyl groups is 1. The van der Waals surface area contributed by atoms with Crippen molar-refractivity contribution < 1.29 is 9.84 Å². The Hall–Kier alpha value is -0.670. The van der Waals surface area contributed by atoms with Crippen molar-refractivity contribution in [3.05, 3.63) is 29.3 Å². The zero-order valence-electron chi connectivity index (χ0n) is 10.6. The summed E-state index contributed by atoms with van der Waals surface area (Å²) >= 11 is 1.94. The molecule has 0 bridgehead atoms. The normalized spacial score (nSPS) is 23.7. The van der Waals surface area contributed by atoms with Gasteiger partial charge in [0.15, 0.2) is 0 Å². The molecule has 1 aromatic rings. The monoisotopic (exact) mass is 264 g/mol. The van der Waals surface area contributed by atoms with Crippen molar-refractivity contribution in [1.29, 1.82) is 0 Å². The summed E-state index contributed by atoms with van der Waals surface area (Å²) in [6.07, 6.45) is 5.21. The lowest BCUT2D eigenvalue weighted by atomic mass is 10.0. The largest absolute Gasteiger partial charge is 0.493 e. The summed E-state index contributed by atoms with van der Waals surface area (Å²) in [4.78, 5) is 0. The van der Waals surface area contributed by atoms with Crippen molar-refractivity contribution in [1.82, 2.24) is 0 Å². The molecule has 1 saturated heterocycles. The van der Waals surface area contributed by atoms with Crippen LogP contribution in [0.25, 0.3) is 0 Å². The molecule has 0 amide bonds. The van der Waals surface area contributed by atoms with E-state index in [1.165, 1.54) is 29.7 Å². The highest BCUT2D eigenvalue weighted by Gasteiger charge is 2.23. The Morgan fingerprint density at radius 1 is 1.44 bits per heavy atom. The molecular formula is C15H20O2S. The molecule has 2 aliphatic rings. The zero-order chi connectivity index (χ0) is 12.4. The number of ether oxygens (including phenoxy) is 1. The second-order valence-corrected chi connectivity index (χ2v) is 6.55. The fourth-order valence-electron chi connectivity index (χ4n) is 2.80. The molecule has 0 radical (unpaired) electrons. The van der Waals surface area contributed by atoms with E-state index in [-0.39, 0.29) is 6.10 Å². The third kappa shape index (κ3) is 2.67. The lowest BCUT2D eigenvalue weighted by Crippen LogP contribution is -2.21. The molecule has 0 aliphatic carbocycles. The minimum absolute atomic E-state index is 0.137. The summed E-state index contributed by atoms with van der Waals surface area (Å²) in [7, 11) is 0. The predicted molar refractivity (Wildman–Crippen MR) is 75.4 cm³/mol. The Morgan fingerprint density at radius 3 is 3.22 bits per heavy atom. The molecule has 3 rings (SSSR count). The van der Waals surface area contributed by atoms with E-state index in [9.17, 15) is 5.11 Å². The van der Waals surface area contributed by atoms with Gasteiger partial charge in [0.05, 0.1) is 12.7 Å². The van der Waals surface area contributed by atoms with Gasteiger partial charge in [0.2, 0.25) is 0 Å². The van der Waals surface area contributed by atoms with Crippen LogP contribution in [0.4, 0.5) is 0 Å². The summed E-state index contributed by atoms with van der Waals surface area (Å²) < 4.78 is 5.51. The van der Waals surface area contributed by atoms with Crippen LogP contribution in [0.15, 0.2) is 18.2 Å². The Balaban J connectivity index is 1.56. The number of aliphatic hydroxyl groups excluding tert-OH is 1. The molecule has 0 spiro atoms. The number of aryl methyl sites for hydroxylation is 1. The molecule has 2 nitrogen and oxygen atoms in total. The predicted octanol–water partition coefficient (Wildman–Crippen LogP) is 2.81. The number of hydrogen-bond donors (Lipinski definition) is 1. The lowest BCUT2D eigenvalue weighted by Gasteiger charge is -2.16. The van der Waals surface area contributed by atoms with Gasteiger partial charge in [0.25, 0.3) is 0 Å². The fourth-order valence-corrected chi connectivity index (χ4v) is 4.13. The topological polar surface area (TPSA) is 29.5 Å². The van der Waals surface area contributed by atoms with Crippen LogP contribution in [0.3, 0.4) is 0 Å². The van der Waals surface area contributed by atoms with Gasteiger partial charge < -0.3 is 9.84 Å². The van der Waals surface area contributed by atoms with E-state index in [1.54, 1.807) is 0 Å². The number of rotatable bonds is 4. The molecule has 1 N–H and O–H groups in total. The maximum absolute atomic E-state index is 10.2. The first-order valence-corrected chi connectivity index (χ1v) is 7.92. The van der Waals surface area contributed by atoms with E-state index in [2.05, 4.69) is 18.2 Å². The molecule has 98 valence electrons. The van der Waals surface area contributed by atoms with Crippen LogP contribution in [-0.2, 0) is 12.8 Å². The first-order valence-electron chi connectivity index (χ1n) is 6.87. The lowest BCUT2D eigenvalue weighted by molar-refractivity contribution is 0.160. The number of thioether (sulfide) groups is 1. The second-order valence-electron chi connectivity index (χ2n) is 5.20. The van der Waals surface area contributed by atoms with Crippen LogP contribution < -0.4 is 4.74 Å². The van der Waals surface area contributed by atoms with Gasteiger partial charge in [-0.3, -0.25) is 0 Å². The first-order chi connectivity index (χ1) is 8.83. The fraction of sp³-hybridized carbons (Fsp3) is 0.600. The minimum Gasteiger partial charge on any atom is -0.493 e. The molecule has 2 atom stereocenters. The molecule has 2 heterocycles. The van der Waals surface area contributed by atoms with Gasteiger partial charge in [-0.25, -0.2) is 0 Å².